The Balaban J connectivity index is 0.00000137. The highest BCUT2D eigenvalue weighted by molar-refractivity contribution is 5.94. The maximum absolute atomic E-state index is 11.6. The maximum atomic E-state index is 11.6. The van der Waals surface area contributed by atoms with Crippen molar-refractivity contribution in [3.8, 4) is 0 Å². The zero-order chi connectivity index (χ0) is 13.8. The molecule has 0 aliphatic carbocycles. The van der Waals surface area contributed by atoms with Gasteiger partial charge in [0, 0.05) is 12.1 Å². The Bertz CT molecular complexity index is 322. The molecule has 0 fully saturated rings. The van der Waals surface area contributed by atoms with Crippen molar-refractivity contribution in [2.75, 3.05) is 26.4 Å². The lowest BCUT2D eigenvalue weighted by Gasteiger charge is -2.05. The van der Waals surface area contributed by atoms with E-state index >= 15 is 0 Å². The highest BCUT2D eigenvalue weighted by atomic mass is 16.5. The van der Waals surface area contributed by atoms with Crippen molar-refractivity contribution in [2.24, 2.45) is 0 Å². The van der Waals surface area contributed by atoms with Gasteiger partial charge in [0.25, 0.3) is 5.91 Å². The van der Waals surface area contributed by atoms with Crippen molar-refractivity contribution in [1.29, 1.82) is 0 Å². The summed E-state index contributed by atoms with van der Waals surface area (Å²) in [5.74, 6) is -0.104. The predicted octanol–water partition coefficient (Wildman–Crippen LogP) is 1.76. The highest BCUT2D eigenvalue weighted by Crippen LogP contribution is 2.02. The number of amides is 1. The van der Waals surface area contributed by atoms with E-state index in [-0.39, 0.29) is 12.5 Å². The van der Waals surface area contributed by atoms with Crippen LogP contribution in [0, 0.1) is 6.92 Å². The molecule has 2 N–H and O–H groups in total. The van der Waals surface area contributed by atoms with Gasteiger partial charge in [0.2, 0.25) is 0 Å². The zero-order valence-corrected chi connectivity index (χ0v) is 11.4. The Morgan fingerprint density at radius 2 is 1.83 bits per heavy atom. The van der Waals surface area contributed by atoms with Crippen molar-refractivity contribution in [1.82, 2.24) is 5.32 Å². The lowest BCUT2D eigenvalue weighted by molar-refractivity contribution is 0.0838. The quantitative estimate of drug-likeness (QED) is 0.759. The van der Waals surface area contributed by atoms with Crippen LogP contribution in [0.4, 0.5) is 0 Å². The van der Waals surface area contributed by atoms with Gasteiger partial charge in [0.1, 0.15) is 0 Å². The van der Waals surface area contributed by atoms with Gasteiger partial charge in [0.15, 0.2) is 0 Å². The van der Waals surface area contributed by atoms with E-state index in [4.69, 9.17) is 9.84 Å². The van der Waals surface area contributed by atoms with Gasteiger partial charge < -0.3 is 15.2 Å². The first-order chi connectivity index (χ1) is 8.74. The standard InChI is InChI=1S/C12H17NO3.C2H6/c1-10-2-4-11(5-3-10)12(15)13-6-8-16-9-7-14;1-2/h2-5,14H,6-9H2,1H3,(H,13,15);1-2H3. The number of hydrogen-bond donors (Lipinski definition) is 2. The number of aryl methyl sites for hydroxylation is 1. The number of ether oxygens (including phenoxy) is 1. The van der Waals surface area contributed by atoms with Crippen molar-refractivity contribution in [3.63, 3.8) is 0 Å². The van der Waals surface area contributed by atoms with E-state index in [0.717, 1.165) is 5.56 Å². The topological polar surface area (TPSA) is 58.6 Å². The number of nitrogens with one attached hydrogen (secondary N) is 1. The molecule has 0 unspecified atom stereocenters. The van der Waals surface area contributed by atoms with Gasteiger partial charge in [0.05, 0.1) is 19.8 Å². The van der Waals surface area contributed by atoms with E-state index in [2.05, 4.69) is 5.32 Å². The monoisotopic (exact) mass is 253 g/mol. The smallest absolute Gasteiger partial charge is 0.251 e. The Labute approximate surface area is 109 Å². The van der Waals surface area contributed by atoms with E-state index < -0.39 is 0 Å². The largest absolute Gasteiger partial charge is 0.394 e. The van der Waals surface area contributed by atoms with Crippen LogP contribution in [0.5, 0.6) is 0 Å². The maximum Gasteiger partial charge on any atom is 0.251 e. The number of aliphatic hydroxyl groups is 1. The van der Waals surface area contributed by atoms with Gasteiger partial charge in [-0.25, -0.2) is 0 Å². The third-order valence-corrected chi connectivity index (χ3v) is 2.08. The molecule has 0 saturated carbocycles. The Kier molecular flexibility index (Phi) is 9.91. The van der Waals surface area contributed by atoms with Gasteiger partial charge in [-0.3, -0.25) is 4.79 Å². The number of rotatable bonds is 6. The summed E-state index contributed by atoms with van der Waals surface area (Å²) in [6, 6.07) is 7.38. The van der Waals surface area contributed by atoms with Crippen LogP contribution in [0.1, 0.15) is 29.8 Å². The number of carbonyl (C=O) groups is 1. The van der Waals surface area contributed by atoms with Gasteiger partial charge in [-0.15, -0.1) is 0 Å². The average molecular weight is 253 g/mol. The molecule has 0 heterocycles. The Hall–Kier alpha value is -1.39. The summed E-state index contributed by atoms with van der Waals surface area (Å²) in [6.45, 7) is 7.15. The fraction of sp³-hybridized carbons (Fsp3) is 0.500. The first-order valence-corrected chi connectivity index (χ1v) is 6.27. The SMILES string of the molecule is CC.Cc1ccc(C(=O)NCCOCCO)cc1. The molecule has 0 aromatic heterocycles. The first-order valence-electron chi connectivity index (χ1n) is 6.27. The summed E-state index contributed by atoms with van der Waals surface area (Å²) in [7, 11) is 0. The Morgan fingerprint density at radius 3 is 2.39 bits per heavy atom. The molecule has 102 valence electrons. The minimum absolute atomic E-state index is 0.00586. The van der Waals surface area contributed by atoms with Crippen LogP contribution in [0.25, 0.3) is 0 Å². The third-order valence-electron chi connectivity index (χ3n) is 2.08. The van der Waals surface area contributed by atoms with Gasteiger partial charge in [-0.05, 0) is 19.1 Å². The van der Waals surface area contributed by atoms with Gasteiger partial charge in [-0.2, -0.15) is 0 Å². The molecule has 0 bridgehead atoms. The van der Waals surface area contributed by atoms with E-state index in [9.17, 15) is 4.79 Å². The second-order valence-electron chi connectivity index (χ2n) is 3.46. The molecule has 1 amide bonds. The number of carbonyl (C=O) groups excluding carboxylic acids is 1. The fourth-order valence-electron chi connectivity index (χ4n) is 1.21. The Morgan fingerprint density at radius 1 is 1.22 bits per heavy atom. The summed E-state index contributed by atoms with van der Waals surface area (Å²) in [6.07, 6.45) is 0. The molecule has 18 heavy (non-hydrogen) atoms. The molecule has 0 radical (unpaired) electrons. The highest BCUT2D eigenvalue weighted by Gasteiger charge is 2.03. The van der Waals surface area contributed by atoms with Crippen LogP contribution < -0.4 is 5.32 Å². The fourth-order valence-corrected chi connectivity index (χ4v) is 1.21. The van der Waals surface area contributed by atoms with Gasteiger partial charge >= 0.3 is 0 Å². The molecular formula is C14H23NO3. The summed E-state index contributed by atoms with van der Waals surface area (Å²) >= 11 is 0. The van der Waals surface area contributed by atoms with E-state index in [1.54, 1.807) is 12.1 Å². The molecule has 0 spiro atoms. The molecule has 0 atom stereocenters. The van der Waals surface area contributed by atoms with Crippen LogP contribution in [-0.4, -0.2) is 37.4 Å². The second-order valence-corrected chi connectivity index (χ2v) is 3.46. The molecule has 1 aromatic carbocycles. The zero-order valence-electron chi connectivity index (χ0n) is 11.4. The molecule has 0 aliphatic rings. The van der Waals surface area contributed by atoms with Crippen molar-refractivity contribution < 1.29 is 14.6 Å². The second kappa shape index (κ2) is 10.7. The molecule has 4 heteroatoms. The molecule has 1 aromatic rings. The van der Waals surface area contributed by atoms with Crippen molar-refractivity contribution in [3.05, 3.63) is 35.4 Å². The molecular weight excluding hydrogens is 230 g/mol. The van der Waals surface area contributed by atoms with E-state index in [1.807, 2.05) is 32.9 Å². The number of benzene rings is 1. The van der Waals surface area contributed by atoms with Crippen LogP contribution in [0.3, 0.4) is 0 Å². The van der Waals surface area contributed by atoms with Crippen molar-refractivity contribution >= 4 is 5.91 Å². The van der Waals surface area contributed by atoms with Crippen LogP contribution >= 0.6 is 0 Å². The number of aliphatic hydroxyl groups excluding tert-OH is 1. The third kappa shape index (κ3) is 7.04. The summed E-state index contributed by atoms with van der Waals surface area (Å²) in [5, 5.41) is 11.2. The lowest BCUT2D eigenvalue weighted by atomic mass is 10.1. The predicted molar refractivity (Wildman–Crippen MR) is 72.8 cm³/mol. The number of hydrogen-bond acceptors (Lipinski definition) is 3. The van der Waals surface area contributed by atoms with E-state index in [0.29, 0.717) is 25.3 Å². The van der Waals surface area contributed by atoms with Crippen LogP contribution in [0.2, 0.25) is 0 Å². The molecule has 0 aliphatic heterocycles. The summed E-state index contributed by atoms with van der Waals surface area (Å²) in [5.41, 5.74) is 1.77. The minimum Gasteiger partial charge on any atom is -0.394 e. The first kappa shape index (κ1) is 16.6. The van der Waals surface area contributed by atoms with Gasteiger partial charge in [-0.1, -0.05) is 31.5 Å². The molecule has 0 saturated heterocycles. The average Bonchev–Trinajstić information content (AvgIpc) is 2.41. The minimum atomic E-state index is -0.104. The van der Waals surface area contributed by atoms with Crippen LogP contribution in [-0.2, 0) is 4.74 Å². The molecule has 1 rings (SSSR count). The summed E-state index contributed by atoms with van der Waals surface area (Å²) < 4.78 is 5.02. The lowest BCUT2D eigenvalue weighted by Crippen LogP contribution is -2.27. The summed E-state index contributed by atoms with van der Waals surface area (Å²) in [4.78, 5) is 11.6. The normalized spacial score (nSPS) is 9.33. The van der Waals surface area contributed by atoms with E-state index in [1.165, 1.54) is 0 Å². The molecule has 4 nitrogen and oxygen atoms in total. The van der Waals surface area contributed by atoms with Crippen molar-refractivity contribution in [2.45, 2.75) is 20.8 Å². The van der Waals surface area contributed by atoms with Crippen LogP contribution in [0.15, 0.2) is 24.3 Å².